The van der Waals surface area contributed by atoms with Crippen LogP contribution >= 0.6 is 0 Å². The quantitative estimate of drug-likeness (QED) is 0.796. The molecule has 0 aliphatic rings. The van der Waals surface area contributed by atoms with Crippen molar-refractivity contribution in [2.75, 3.05) is 19.4 Å². The van der Waals surface area contributed by atoms with E-state index in [2.05, 4.69) is 20.7 Å². The van der Waals surface area contributed by atoms with Gasteiger partial charge in [-0.2, -0.15) is 5.10 Å². The molecule has 0 bridgehead atoms. The Hall–Kier alpha value is -2.90. The molecule has 0 spiro atoms. The van der Waals surface area contributed by atoms with E-state index in [0.717, 1.165) is 5.56 Å². The molecule has 0 saturated carbocycles. The largest absolute Gasteiger partial charge is 0.349 e. The summed E-state index contributed by atoms with van der Waals surface area (Å²) in [6, 6.07) is 7.09. The van der Waals surface area contributed by atoms with E-state index in [-0.39, 0.29) is 18.0 Å². The fourth-order valence-electron chi connectivity index (χ4n) is 2.36. The van der Waals surface area contributed by atoms with E-state index in [0.29, 0.717) is 25.1 Å². The maximum Gasteiger partial charge on any atom is 0.319 e. The minimum Gasteiger partial charge on any atom is -0.349 e. The van der Waals surface area contributed by atoms with Gasteiger partial charge in [0.1, 0.15) is 12.7 Å². The summed E-state index contributed by atoms with van der Waals surface area (Å²) in [5.74, 6) is 0.0562. The lowest BCUT2D eigenvalue weighted by Crippen LogP contribution is -2.38. The van der Waals surface area contributed by atoms with Crippen molar-refractivity contribution in [2.24, 2.45) is 0 Å². The first kappa shape index (κ1) is 18.4. The van der Waals surface area contributed by atoms with Crippen LogP contribution in [0.5, 0.6) is 0 Å². The second-order valence-electron chi connectivity index (χ2n) is 6.06. The molecule has 8 nitrogen and oxygen atoms in total. The van der Waals surface area contributed by atoms with Crippen molar-refractivity contribution < 1.29 is 9.59 Å². The summed E-state index contributed by atoms with van der Waals surface area (Å²) in [7, 11) is 3.47. The van der Waals surface area contributed by atoms with Crippen molar-refractivity contribution in [3.63, 3.8) is 0 Å². The van der Waals surface area contributed by atoms with Gasteiger partial charge in [-0.25, -0.2) is 9.78 Å². The third-order valence-electron chi connectivity index (χ3n) is 3.68. The molecule has 1 unspecified atom stereocenters. The molecule has 1 atom stereocenters. The molecule has 0 radical (unpaired) electrons. The van der Waals surface area contributed by atoms with Gasteiger partial charge in [0.25, 0.3) is 0 Å². The average molecular weight is 344 g/mol. The van der Waals surface area contributed by atoms with E-state index in [9.17, 15) is 9.59 Å². The Labute approximate surface area is 147 Å². The van der Waals surface area contributed by atoms with E-state index < -0.39 is 0 Å². The molecule has 2 rings (SSSR count). The Kier molecular flexibility index (Phi) is 6.50. The number of nitrogens with one attached hydrogen (secondary N) is 2. The van der Waals surface area contributed by atoms with Gasteiger partial charge in [0.2, 0.25) is 5.91 Å². The fourth-order valence-corrected chi connectivity index (χ4v) is 2.36. The molecule has 0 aliphatic heterocycles. The normalized spacial score (nSPS) is 11.6. The van der Waals surface area contributed by atoms with Gasteiger partial charge in [0.05, 0.1) is 6.54 Å². The van der Waals surface area contributed by atoms with Crippen LogP contribution in [-0.4, -0.2) is 51.7 Å². The number of amides is 3. The Morgan fingerprint density at radius 3 is 2.72 bits per heavy atom. The van der Waals surface area contributed by atoms with E-state index in [1.165, 1.54) is 6.33 Å². The Balaban J connectivity index is 1.90. The highest BCUT2D eigenvalue weighted by Crippen LogP contribution is 2.17. The van der Waals surface area contributed by atoms with Gasteiger partial charge in [-0.1, -0.05) is 18.2 Å². The molecule has 1 aromatic carbocycles. The molecule has 2 aromatic rings. The molecule has 25 heavy (non-hydrogen) atoms. The van der Waals surface area contributed by atoms with Crippen LogP contribution in [-0.2, 0) is 17.8 Å². The average Bonchev–Trinajstić information content (AvgIpc) is 3.06. The van der Waals surface area contributed by atoms with Crippen LogP contribution in [0.25, 0.3) is 0 Å². The molecule has 0 aliphatic carbocycles. The molecular weight excluding hydrogens is 320 g/mol. The number of nitrogens with zero attached hydrogens (tertiary/aromatic N) is 4. The third-order valence-corrected chi connectivity index (χ3v) is 3.68. The van der Waals surface area contributed by atoms with Crippen LogP contribution < -0.4 is 10.6 Å². The predicted molar refractivity (Wildman–Crippen MR) is 95.1 cm³/mol. The van der Waals surface area contributed by atoms with Gasteiger partial charge < -0.3 is 15.5 Å². The number of carbonyl (C=O) groups excluding carboxylic acids is 2. The van der Waals surface area contributed by atoms with Gasteiger partial charge in [-0.3, -0.25) is 9.48 Å². The molecule has 8 heteroatoms. The molecule has 2 N–H and O–H groups in total. The first-order chi connectivity index (χ1) is 12.0. The SMILES string of the molecule is CC(Cn1cncn1)NC(=O)Nc1ccccc1CCC(=O)N(C)C. The van der Waals surface area contributed by atoms with Crippen molar-refractivity contribution in [1.82, 2.24) is 25.0 Å². The number of rotatable bonds is 7. The maximum atomic E-state index is 12.2. The topological polar surface area (TPSA) is 92.1 Å². The Morgan fingerprint density at radius 2 is 2.04 bits per heavy atom. The first-order valence-corrected chi connectivity index (χ1v) is 8.13. The van der Waals surface area contributed by atoms with Crippen LogP contribution in [0.1, 0.15) is 18.9 Å². The highest BCUT2D eigenvalue weighted by molar-refractivity contribution is 5.90. The molecule has 134 valence electrons. The summed E-state index contributed by atoms with van der Waals surface area (Å²) in [6.45, 7) is 2.43. The molecule has 0 fully saturated rings. The number of urea groups is 1. The van der Waals surface area contributed by atoms with Crippen LogP contribution in [0.4, 0.5) is 10.5 Å². The van der Waals surface area contributed by atoms with Gasteiger partial charge in [0.15, 0.2) is 0 Å². The lowest BCUT2D eigenvalue weighted by Gasteiger charge is -2.16. The number of hydrogen-bond acceptors (Lipinski definition) is 4. The summed E-state index contributed by atoms with van der Waals surface area (Å²) in [6.07, 6.45) is 4.03. The molecule has 1 heterocycles. The number of aromatic nitrogens is 3. The number of para-hydroxylation sites is 1. The third kappa shape index (κ3) is 5.91. The standard InChI is InChI=1S/C17H24N6O2/c1-13(10-23-12-18-11-19-23)20-17(25)21-15-7-5-4-6-14(15)8-9-16(24)22(2)3/h4-7,11-13H,8-10H2,1-3H3,(H2,20,21,25). The van der Waals surface area contributed by atoms with Crippen molar-refractivity contribution in [3.8, 4) is 0 Å². The number of hydrogen-bond donors (Lipinski definition) is 2. The second-order valence-corrected chi connectivity index (χ2v) is 6.06. The highest BCUT2D eigenvalue weighted by Gasteiger charge is 2.12. The monoisotopic (exact) mass is 344 g/mol. The van der Waals surface area contributed by atoms with Crippen molar-refractivity contribution in [1.29, 1.82) is 0 Å². The second kappa shape index (κ2) is 8.81. The highest BCUT2D eigenvalue weighted by atomic mass is 16.2. The molecule has 1 aromatic heterocycles. The fraction of sp³-hybridized carbons (Fsp3) is 0.412. The number of anilines is 1. The predicted octanol–water partition coefficient (Wildman–Crippen LogP) is 1.51. The Morgan fingerprint density at radius 1 is 1.28 bits per heavy atom. The van der Waals surface area contributed by atoms with Crippen molar-refractivity contribution >= 4 is 17.6 Å². The van der Waals surface area contributed by atoms with Crippen LogP contribution in [0.2, 0.25) is 0 Å². The lowest BCUT2D eigenvalue weighted by atomic mass is 10.1. The first-order valence-electron chi connectivity index (χ1n) is 8.13. The molecule has 0 saturated heterocycles. The molecular formula is C17H24N6O2. The van der Waals surface area contributed by atoms with Crippen molar-refractivity contribution in [2.45, 2.75) is 32.4 Å². The lowest BCUT2D eigenvalue weighted by molar-refractivity contribution is -0.128. The van der Waals surface area contributed by atoms with Gasteiger partial charge in [0, 0.05) is 32.2 Å². The zero-order chi connectivity index (χ0) is 18.2. The van der Waals surface area contributed by atoms with Gasteiger partial charge in [-0.15, -0.1) is 0 Å². The van der Waals surface area contributed by atoms with E-state index >= 15 is 0 Å². The summed E-state index contributed by atoms with van der Waals surface area (Å²) in [5.41, 5.74) is 1.64. The minimum atomic E-state index is -0.293. The van der Waals surface area contributed by atoms with Crippen LogP contribution in [0, 0.1) is 0 Å². The minimum absolute atomic E-state index is 0.0562. The van der Waals surface area contributed by atoms with Crippen molar-refractivity contribution in [3.05, 3.63) is 42.5 Å². The van der Waals surface area contributed by atoms with Crippen LogP contribution in [0.3, 0.4) is 0 Å². The summed E-state index contributed by atoms with van der Waals surface area (Å²) < 4.78 is 1.66. The van der Waals surface area contributed by atoms with Crippen LogP contribution in [0.15, 0.2) is 36.9 Å². The van der Waals surface area contributed by atoms with E-state index in [4.69, 9.17) is 0 Å². The number of benzene rings is 1. The number of aryl methyl sites for hydroxylation is 1. The smallest absolute Gasteiger partial charge is 0.319 e. The summed E-state index contributed by atoms with van der Waals surface area (Å²) in [4.78, 5) is 29.4. The summed E-state index contributed by atoms with van der Waals surface area (Å²) in [5, 5.41) is 9.73. The summed E-state index contributed by atoms with van der Waals surface area (Å²) >= 11 is 0. The Bertz CT molecular complexity index is 699. The van der Waals surface area contributed by atoms with E-state index in [1.807, 2.05) is 31.2 Å². The zero-order valence-electron chi connectivity index (χ0n) is 14.8. The zero-order valence-corrected chi connectivity index (χ0v) is 14.8. The molecule has 3 amide bonds. The van der Waals surface area contributed by atoms with Gasteiger partial charge in [-0.05, 0) is 25.0 Å². The maximum absolute atomic E-state index is 12.2. The number of carbonyl (C=O) groups is 2. The van der Waals surface area contributed by atoms with E-state index in [1.54, 1.807) is 30.0 Å². The van der Waals surface area contributed by atoms with Gasteiger partial charge >= 0.3 is 6.03 Å².